The normalized spacial score (nSPS) is 21.4. The summed E-state index contributed by atoms with van der Waals surface area (Å²) < 4.78 is 2.34. The zero-order chi connectivity index (χ0) is 13.6. The Morgan fingerprint density at radius 2 is 2.32 bits per heavy atom. The van der Waals surface area contributed by atoms with Gasteiger partial charge in [0.1, 0.15) is 0 Å². The predicted molar refractivity (Wildman–Crippen MR) is 77.4 cm³/mol. The van der Waals surface area contributed by atoms with Crippen LogP contribution in [0.25, 0.3) is 0 Å². The SMILES string of the molecule is Cc1cc2c(n1Cc1cncs1)CC(C)(C)CC2O. The molecule has 3 nitrogen and oxygen atoms in total. The van der Waals surface area contributed by atoms with Crippen molar-refractivity contribution in [3.63, 3.8) is 0 Å². The average molecular weight is 276 g/mol. The molecule has 4 heteroatoms. The smallest absolute Gasteiger partial charge is 0.0812 e. The highest BCUT2D eigenvalue weighted by atomic mass is 32.1. The van der Waals surface area contributed by atoms with Crippen LogP contribution in [0, 0.1) is 12.3 Å². The minimum absolute atomic E-state index is 0.169. The van der Waals surface area contributed by atoms with Gasteiger partial charge in [0.05, 0.1) is 18.2 Å². The topological polar surface area (TPSA) is 38.0 Å². The summed E-state index contributed by atoms with van der Waals surface area (Å²) in [6.45, 7) is 7.46. The van der Waals surface area contributed by atoms with Crippen LogP contribution in [-0.2, 0) is 13.0 Å². The lowest BCUT2D eigenvalue weighted by Crippen LogP contribution is -2.27. The number of aliphatic hydroxyl groups is 1. The molecule has 0 aliphatic heterocycles. The highest BCUT2D eigenvalue weighted by Crippen LogP contribution is 2.42. The molecular formula is C15H20N2OS. The number of aromatic nitrogens is 2. The molecule has 1 aliphatic rings. The van der Waals surface area contributed by atoms with Crippen molar-refractivity contribution < 1.29 is 5.11 Å². The van der Waals surface area contributed by atoms with Crippen LogP contribution in [0.1, 0.15) is 48.2 Å². The molecule has 2 heterocycles. The second-order valence-corrected chi connectivity index (χ2v) is 7.27. The largest absolute Gasteiger partial charge is 0.388 e. The van der Waals surface area contributed by atoms with Crippen molar-refractivity contribution in [1.82, 2.24) is 9.55 Å². The van der Waals surface area contributed by atoms with Crippen molar-refractivity contribution in [2.75, 3.05) is 0 Å². The van der Waals surface area contributed by atoms with E-state index in [1.807, 2.05) is 11.7 Å². The van der Waals surface area contributed by atoms with E-state index in [0.717, 1.165) is 24.9 Å². The summed E-state index contributed by atoms with van der Waals surface area (Å²) >= 11 is 1.69. The summed E-state index contributed by atoms with van der Waals surface area (Å²) in [5.41, 5.74) is 5.70. The molecule has 19 heavy (non-hydrogen) atoms. The molecule has 0 bridgehead atoms. The lowest BCUT2D eigenvalue weighted by molar-refractivity contribution is 0.0981. The van der Waals surface area contributed by atoms with Gasteiger partial charge in [0.25, 0.3) is 0 Å². The third-order valence-corrected chi connectivity index (χ3v) is 4.76. The number of fused-ring (bicyclic) bond motifs is 1. The number of nitrogens with zero attached hydrogens (tertiary/aromatic N) is 2. The van der Waals surface area contributed by atoms with E-state index in [0.29, 0.717) is 0 Å². The number of rotatable bonds is 2. The molecular weight excluding hydrogens is 256 g/mol. The van der Waals surface area contributed by atoms with Crippen LogP contribution in [0.4, 0.5) is 0 Å². The molecule has 0 saturated heterocycles. The van der Waals surface area contributed by atoms with Crippen LogP contribution < -0.4 is 0 Å². The fraction of sp³-hybridized carbons (Fsp3) is 0.533. The molecule has 1 atom stereocenters. The van der Waals surface area contributed by atoms with Gasteiger partial charge in [-0.15, -0.1) is 11.3 Å². The minimum atomic E-state index is -0.319. The van der Waals surface area contributed by atoms with Crippen LogP contribution in [0.5, 0.6) is 0 Å². The number of hydrogen-bond donors (Lipinski definition) is 1. The van der Waals surface area contributed by atoms with Gasteiger partial charge >= 0.3 is 0 Å². The van der Waals surface area contributed by atoms with E-state index in [-0.39, 0.29) is 11.5 Å². The van der Waals surface area contributed by atoms with E-state index in [4.69, 9.17) is 0 Å². The van der Waals surface area contributed by atoms with Crippen molar-refractivity contribution in [2.45, 2.75) is 46.3 Å². The average Bonchev–Trinajstić information content (AvgIpc) is 2.90. The second-order valence-electron chi connectivity index (χ2n) is 6.30. The molecule has 1 unspecified atom stereocenters. The van der Waals surface area contributed by atoms with E-state index in [2.05, 4.69) is 36.4 Å². The molecule has 2 aromatic rings. The van der Waals surface area contributed by atoms with Gasteiger partial charge < -0.3 is 9.67 Å². The Bertz CT molecular complexity index is 584. The van der Waals surface area contributed by atoms with E-state index < -0.39 is 0 Å². The third-order valence-electron chi connectivity index (χ3n) is 4.00. The van der Waals surface area contributed by atoms with Gasteiger partial charge in [-0.1, -0.05) is 13.8 Å². The van der Waals surface area contributed by atoms with Gasteiger partial charge in [-0.2, -0.15) is 0 Å². The van der Waals surface area contributed by atoms with Crippen molar-refractivity contribution in [2.24, 2.45) is 5.41 Å². The zero-order valence-corrected chi connectivity index (χ0v) is 12.5. The van der Waals surface area contributed by atoms with Crippen LogP contribution in [0.15, 0.2) is 17.8 Å². The lowest BCUT2D eigenvalue weighted by atomic mass is 9.75. The molecule has 0 fully saturated rings. The van der Waals surface area contributed by atoms with Crippen LogP contribution >= 0.6 is 11.3 Å². The summed E-state index contributed by atoms with van der Waals surface area (Å²) in [5, 5.41) is 10.3. The van der Waals surface area contributed by atoms with E-state index in [1.165, 1.54) is 16.3 Å². The summed E-state index contributed by atoms with van der Waals surface area (Å²) in [6, 6.07) is 2.15. The van der Waals surface area contributed by atoms with E-state index >= 15 is 0 Å². The molecule has 3 rings (SSSR count). The second kappa shape index (κ2) is 4.46. The standard InChI is InChI=1S/C15H20N2OS/c1-10-4-12-13(5-15(2,3)6-14(12)18)17(10)8-11-7-16-9-19-11/h4,7,9,14,18H,5-6,8H2,1-3H3. The Kier molecular flexibility index (Phi) is 3.02. The molecule has 1 N–H and O–H groups in total. The first-order valence-electron chi connectivity index (χ1n) is 6.71. The Labute approximate surface area is 117 Å². The Morgan fingerprint density at radius 3 is 3.00 bits per heavy atom. The maximum atomic E-state index is 10.3. The maximum absolute atomic E-state index is 10.3. The molecule has 2 aromatic heterocycles. The zero-order valence-electron chi connectivity index (χ0n) is 11.7. The highest BCUT2D eigenvalue weighted by Gasteiger charge is 2.34. The van der Waals surface area contributed by atoms with E-state index in [1.54, 1.807) is 11.3 Å². The molecule has 1 aliphatic carbocycles. The first kappa shape index (κ1) is 12.9. The number of aryl methyl sites for hydroxylation is 1. The monoisotopic (exact) mass is 276 g/mol. The quantitative estimate of drug-likeness (QED) is 0.914. The lowest BCUT2D eigenvalue weighted by Gasteiger charge is -2.34. The third kappa shape index (κ3) is 2.35. The first-order valence-corrected chi connectivity index (χ1v) is 7.58. The summed E-state index contributed by atoms with van der Waals surface area (Å²) in [4.78, 5) is 5.41. The van der Waals surface area contributed by atoms with Crippen molar-refractivity contribution in [3.8, 4) is 0 Å². The maximum Gasteiger partial charge on any atom is 0.0812 e. The summed E-state index contributed by atoms with van der Waals surface area (Å²) in [5.74, 6) is 0. The molecule has 0 saturated carbocycles. The summed E-state index contributed by atoms with van der Waals surface area (Å²) in [7, 11) is 0. The minimum Gasteiger partial charge on any atom is -0.388 e. The van der Waals surface area contributed by atoms with Crippen molar-refractivity contribution >= 4 is 11.3 Å². The molecule has 0 radical (unpaired) electrons. The fourth-order valence-corrected chi connectivity index (χ4v) is 3.68. The Hall–Kier alpha value is -1.13. The molecule has 102 valence electrons. The predicted octanol–water partition coefficient (Wildman–Crippen LogP) is 3.31. The Balaban J connectivity index is 2.02. The Morgan fingerprint density at radius 1 is 1.53 bits per heavy atom. The first-order chi connectivity index (χ1) is 8.96. The van der Waals surface area contributed by atoms with Gasteiger partial charge in [0, 0.05) is 28.0 Å². The molecule has 0 amide bonds. The van der Waals surface area contributed by atoms with Gasteiger partial charge in [-0.25, -0.2) is 0 Å². The van der Waals surface area contributed by atoms with Gasteiger partial charge in [-0.3, -0.25) is 4.98 Å². The molecule has 0 spiro atoms. The van der Waals surface area contributed by atoms with Crippen LogP contribution in [-0.4, -0.2) is 14.7 Å². The number of aliphatic hydroxyl groups excluding tert-OH is 1. The van der Waals surface area contributed by atoms with Crippen LogP contribution in [0.3, 0.4) is 0 Å². The van der Waals surface area contributed by atoms with Crippen molar-refractivity contribution in [3.05, 3.63) is 39.6 Å². The van der Waals surface area contributed by atoms with E-state index in [9.17, 15) is 5.11 Å². The summed E-state index contributed by atoms with van der Waals surface area (Å²) in [6.07, 6.45) is 3.50. The fourth-order valence-electron chi connectivity index (χ4n) is 3.10. The number of hydrogen-bond acceptors (Lipinski definition) is 3. The van der Waals surface area contributed by atoms with Gasteiger partial charge in [0.15, 0.2) is 0 Å². The van der Waals surface area contributed by atoms with Gasteiger partial charge in [-0.05, 0) is 31.2 Å². The number of thiazole rings is 1. The molecule has 0 aromatic carbocycles. The van der Waals surface area contributed by atoms with Gasteiger partial charge in [0.2, 0.25) is 0 Å². The van der Waals surface area contributed by atoms with Crippen molar-refractivity contribution in [1.29, 1.82) is 0 Å². The highest BCUT2D eigenvalue weighted by molar-refractivity contribution is 7.09. The van der Waals surface area contributed by atoms with Crippen LogP contribution in [0.2, 0.25) is 0 Å².